The lowest BCUT2D eigenvalue weighted by atomic mass is 10.1. The van der Waals surface area contributed by atoms with E-state index in [0.29, 0.717) is 45.3 Å². The van der Waals surface area contributed by atoms with Gasteiger partial charge in [0.2, 0.25) is 5.91 Å². The van der Waals surface area contributed by atoms with E-state index in [-0.39, 0.29) is 17.2 Å². The van der Waals surface area contributed by atoms with E-state index in [1.54, 1.807) is 79.7 Å². The summed E-state index contributed by atoms with van der Waals surface area (Å²) in [4.78, 5) is 52.1. The number of carboxylic acids is 1. The molecule has 4 rings (SSSR count). The van der Waals surface area contributed by atoms with Gasteiger partial charge in [-0.15, -0.1) is 11.8 Å². The van der Waals surface area contributed by atoms with Gasteiger partial charge in [-0.25, -0.2) is 4.79 Å². The maximum Gasteiger partial charge on any atom is 0.335 e. The summed E-state index contributed by atoms with van der Waals surface area (Å²) in [5, 5.41) is 17.3. The summed E-state index contributed by atoms with van der Waals surface area (Å²) in [5.74, 6) is -1.57. The standard InChI is InChI=1S/C36H35N3O7S/c1-5-31(35(42)38-28-20-25(36(43)44)18-17-22(28)2)47-27-15-10-14-26(21-27)37-34(41)29(39-33(40)23-11-7-6-8-12-23)19-24-13-9-16-30(45-3)32(24)46-4/h6-21,31H,5H2,1-4H3,(H,37,41)(H,38,42)(H,39,40)(H,43,44)/b29-19+. The van der Waals surface area contributed by atoms with Gasteiger partial charge in [0, 0.05) is 27.4 Å². The van der Waals surface area contributed by atoms with Crippen LogP contribution in [0.1, 0.15) is 45.2 Å². The molecule has 0 aliphatic rings. The monoisotopic (exact) mass is 653 g/mol. The highest BCUT2D eigenvalue weighted by atomic mass is 32.2. The Kier molecular flexibility index (Phi) is 11.8. The van der Waals surface area contributed by atoms with Gasteiger partial charge in [0.05, 0.1) is 25.0 Å². The molecule has 0 radical (unpaired) electrons. The van der Waals surface area contributed by atoms with Crippen LogP contribution in [0.3, 0.4) is 0 Å². The molecule has 242 valence electrons. The number of ether oxygens (including phenoxy) is 2. The van der Waals surface area contributed by atoms with Crippen molar-refractivity contribution in [3.8, 4) is 11.5 Å². The molecule has 0 aliphatic carbocycles. The molecule has 4 aromatic rings. The Morgan fingerprint density at radius 1 is 0.851 bits per heavy atom. The predicted molar refractivity (Wildman–Crippen MR) is 183 cm³/mol. The van der Waals surface area contributed by atoms with Crippen LogP contribution in [0.2, 0.25) is 0 Å². The number of aryl methyl sites for hydroxylation is 1. The SMILES string of the molecule is CCC(Sc1cccc(NC(=O)/C(=C\c2cccc(OC)c2OC)NC(=O)c2ccccc2)c1)C(=O)Nc1cc(C(=O)O)ccc1C. The first-order valence-electron chi connectivity index (χ1n) is 14.7. The Morgan fingerprint density at radius 2 is 1.60 bits per heavy atom. The highest BCUT2D eigenvalue weighted by Gasteiger charge is 2.21. The van der Waals surface area contributed by atoms with Crippen molar-refractivity contribution in [3.05, 3.63) is 119 Å². The molecule has 0 heterocycles. The quantitative estimate of drug-likeness (QED) is 0.0931. The van der Waals surface area contributed by atoms with E-state index in [1.165, 1.54) is 44.2 Å². The summed E-state index contributed by atoms with van der Waals surface area (Å²) in [6.45, 7) is 3.67. The van der Waals surface area contributed by atoms with Crippen LogP contribution < -0.4 is 25.4 Å². The van der Waals surface area contributed by atoms with Gasteiger partial charge in [-0.3, -0.25) is 14.4 Å². The smallest absolute Gasteiger partial charge is 0.335 e. The predicted octanol–water partition coefficient (Wildman–Crippen LogP) is 6.63. The van der Waals surface area contributed by atoms with E-state index in [1.807, 2.05) is 13.0 Å². The van der Waals surface area contributed by atoms with E-state index in [0.717, 1.165) is 5.56 Å². The number of carbonyl (C=O) groups is 4. The lowest BCUT2D eigenvalue weighted by Gasteiger charge is -2.17. The minimum Gasteiger partial charge on any atom is -0.493 e. The first kappa shape index (κ1) is 34.3. The number of aromatic carboxylic acids is 1. The third-order valence-corrected chi connectivity index (χ3v) is 8.40. The molecule has 4 N–H and O–H groups in total. The molecule has 0 saturated heterocycles. The second kappa shape index (κ2) is 16.1. The van der Waals surface area contributed by atoms with E-state index in [4.69, 9.17) is 9.47 Å². The first-order valence-corrected chi connectivity index (χ1v) is 15.5. The molecule has 0 bridgehead atoms. The van der Waals surface area contributed by atoms with Crippen molar-refractivity contribution in [3.63, 3.8) is 0 Å². The molecule has 0 aliphatic heterocycles. The number of hydrogen-bond acceptors (Lipinski definition) is 7. The largest absolute Gasteiger partial charge is 0.493 e. The Bertz CT molecular complexity index is 1810. The summed E-state index contributed by atoms with van der Waals surface area (Å²) >= 11 is 1.31. The Labute approximate surface area is 277 Å². The molecule has 11 heteroatoms. The minimum absolute atomic E-state index is 0.0340. The number of thioether (sulfide) groups is 1. The van der Waals surface area contributed by atoms with E-state index in [2.05, 4.69) is 16.0 Å². The fraction of sp³-hybridized carbons (Fsp3) is 0.167. The fourth-order valence-corrected chi connectivity index (χ4v) is 5.57. The molecule has 0 spiro atoms. The maximum absolute atomic E-state index is 13.7. The number of nitrogens with one attached hydrogen (secondary N) is 3. The molecule has 1 unspecified atom stereocenters. The molecule has 4 aromatic carbocycles. The van der Waals surface area contributed by atoms with Crippen LogP contribution >= 0.6 is 11.8 Å². The number of para-hydroxylation sites is 1. The van der Waals surface area contributed by atoms with Crippen molar-refractivity contribution < 1.29 is 33.8 Å². The summed E-state index contributed by atoms with van der Waals surface area (Å²) < 4.78 is 10.9. The second-order valence-electron chi connectivity index (χ2n) is 10.3. The van der Waals surface area contributed by atoms with Crippen LogP contribution in [0.25, 0.3) is 6.08 Å². The summed E-state index contributed by atoms with van der Waals surface area (Å²) in [6.07, 6.45) is 2.00. The van der Waals surface area contributed by atoms with Crippen LogP contribution in [0.15, 0.2) is 102 Å². The van der Waals surface area contributed by atoms with Crippen molar-refractivity contribution in [1.82, 2.24) is 5.32 Å². The van der Waals surface area contributed by atoms with Crippen molar-refractivity contribution in [2.75, 3.05) is 24.9 Å². The number of hydrogen-bond donors (Lipinski definition) is 4. The highest BCUT2D eigenvalue weighted by molar-refractivity contribution is 8.00. The third-order valence-electron chi connectivity index (χ3n) is 7.04. The van der Waals surface area contributed by atoms with Crippen LogP contribution in [0, 0.1) is 6.92 Å². The zero-order chi connectivity index (χ0) is 33.9. The van der Waals surface area contributed by atoms with Gasteiger partial charge in [-0.1, -0.05) is 49.4 Å². The Balaban J connectivity index is 1.56. The number of benzene rings is 4. The summed E-state index contributed by atoms with van der Waals surface area (Å²) in [6, 6.07) is 25.3. The molecule has 0 aromatic heterocycles. The van der Waals surface area contributed by atoms with Gasteiger partial charge in [0.25, 0.3) is 11.8 Å². The number of carboxylic acid groups (broad SMARTS) is 1. The second-order valence-corrected chi connectivity index (χ2v) is 11.6. The molecule has 3 amide bonds. The number of rotatable bonds is 13. The molecular formula is C36H35N3O7S. The van der Waals surface area contributed by atoms with E-state index < -0.39 is 23.0 Å². The highest BCUT2D eigenvalue weighted by Crippen LogP contribution is 2.33. The molecule has 1 atom stereocenters. The Morgan fingerprint density at radius 3 is 2.28 bits per heavy atom. The van der Waals surface area contributed by atoms with Crippen molar-refractivity contribution in [1.29, 1.82) is 0 Å². The maximum atomic E-state index is 13.7. The normalized spacial score (nSPS) is 11.6. The first-order chi connectivity index (χ1) is 22.6. The lowest BCUT2D eigenvalue weighted by Crippen LogP contribution is -2.30. The molecule has 0 saturated carbocycles. The molecule has 10 nitrogen and oxygen atoms in total. The number of carbonyl (C=O) groups excluding carboxylic acids is 3. The van der Waals surface area contributed by atoms with Crippen molar-refractivity contribution >= 4 is 52.9 Å². The number of amides is 3. The van der Waals surface area contributed by atoms with Gasteiger partial charge in [-0.2, -0.15) is 0 Å². The van der Waals surface area contributed by atoms with Crippen LogP contribution in [-0.4, -0.2) is 48.3 Å². The van der Waals surface area contributed by atoms with E-state index in [9.17, 15) is 24.3 Å². The van der Waals surface area contributed by atoms with Gasteiger partial charge in [-0.05, 0) is 73.5 Å². The Hall–Kier alpha value is -5.55. The zero-order valence-electron chi connectivity index (χ0n) is 26.3. The average Bonchev–Trinajstić information content (AvgIpc) is 3.07. The van der Waals surface area contributed by atoms with Gasteiger partial charge < -0.3 is 30.5 Å². The number of methoxy groups -OCH3 is 2. The summed E-state index contributed by atoms with van der Waals surface area (Å²) in [7, 11) is 2.99. The van der Waals surface area contributed by atoms with Gasteiger partial charge in [0.15, 0.2) is 11.5 Å². The van der Waals surface area contributed by atoms with Crippen LogP contribution in [-0.2, 0) is 9.59 Å². The summed E-state index contributed by atoms with van der Waals surface area (Å²) in [5.41, 5.74) is 2.54. The van der Waals surface area contributed by atoms with Crippen LogP contribution in [0.4, 0.5) is 11.4 Å². The molecule has 47 heavy (non-hydrogen) atoms. The van der Waals surface area contributed by atoms with Crippen molar-refractivity contribution in [2.45, 2.75) is 30.4 Å². The minimum atomic E-state index is -1.08. The third kappa shape index (κ3) is 9.01. The zero-order valence-corrected chi connectivity index (χ0v) is 27.1. The molecule has 0 fully saturated rings. The fourth-order valence-electron chi connectivity index (χ4n) is 4.56. The lowest BCUT2D eigenvalue weighted by molar-refractivity contribution is -0.116. The van der Waals surface area contributed by atoms with E-state index >= 15 is 0 Å². The average molecular weight is 654 g/mol. The van der Waals surface area contributed by atoms with Gasteiger partial charge in [0.1, 0.15) is 5.70 Å². The number of anilines is 2. The van der Waals surface area contributed by atoms with Gasteiger partial charge >= 0.3 is 5.97 Å². The van der Waals surface area contributed by atoms with Crippen molar-refractivity contribution in [2.24, 2.45) is 0 Å². The topological polar surface area (TPSA) is 143 Å². The van der Waals surface area contributed by atoms with Crippen LogP contribution in [0.5, 0.6) is 11.5 Å². The molecular weight excluding hydrogens is 618 g/mol.